The van der Waals surface area contributed by atoms with E-state index in [9.17, 15) is 4.79 Å². The standard InChI is InChI=1S/C18H34N2O2/c1-14-6-3-4-8-17(14)22-11-10-20-18(21)12-15(2)16-7-5-9-19-13-16/h14-17,19H,3-13H2,1-2H3,(H,20,21). The van der Waals surface area contributed by atoms with Gasteiger partial charge < -0.3 is 15.4 Å². The van der Waals surface area contributed by atoms with Crippen molar-refractivity contribution in [3.63, 3.8) is 0 Å². The van der Waals surface area contributed by atoms with E-state index in [1.54, 1.807) is 0 Å². The average molecular weight is 310 g/mol. The van der Waals surface area contributed by atoms with Crippen molar-refractivity contribution >= 4 is 5.91 Å². The molecule has 0 radical (unpaired) electrons. The number of amides is 1. The quantitative estimate of drug-likeness (QED) is 0.711. The number of carbonyl (C=O) groups excluding carboxylic acids is 1. The fraction of sp³-hybridized carbons (Fsp3) is 0.944. The van der Waals surface area contributed by atoms with Crippen LogP contribution in [0.2, 0.25) is 0 Å². The van der Waals surface area contributed by atoms with Gasteiger partial charge in [-0.15, -0.1) is 0 Å². The van der Waals surface area contributed by atoms with Gasteiger partial charge in [0.05, 0.1) is 12.7 Å². The summed E-state index contributed by atoms with van der Waals surface area (Å²) in [7, 11) is 0. The highest BCUT2D eigenvalue weighted by atomic mass is 16.5. The molecule has 0 spiro atoms. The van der Waals surface area contributed by atoms with Crippen molar-refractivity contribution in [3.05, 3.63) is 0 Å². The third-order valence-electron chi connectivity index (χ3n) is 5.44. The maximum Gasteiger partial charge on any atom is 0.220 e. The Kier molecular flexibility index (Phi) is 7.67. The molecule has 128 valence electrons. The van der Waals surface area contributed by atoms with E-state index in [4.69, 9.17) is 4.74 Å². The Bertz CT molecular complexity index is 329. The van der Waals surface area contributed by atoms with Crippen molar-refractivity contribution in [2.24, 2.45) is 17.8 Å². The Hall–Kier alpha value is -0.610. The van der Waals surface area contributed by atoms with Gasteiger partial charge in [0.25, 0.3) is 0 Å². The van der Waals surface area contributed by atoms with Crippen LogP contribution >= 0.6 is 0 Å². The molecule has 2 fully saturated rings. The highest BCUT2D eigenvalue weighted by Gasteiger charge is 2.23. The number of nitrogens with one attached hydrogen (secondary N) is 2. The molecule has 1 saturated heterocycles. The molecule has 4 nitrogen and oxygen atoms in total. The zero-order chi connectivity index (χ0) is 15.8. The van der Waals surface area contributed by atoms with Crippen LogP contribution in [0.15, 0.2) is 0 Å². The first-order chi connectivity index (χ1) is 10.7. The maximum absolute atomic E-state index is 12.0. The van der Waals surface area contributed by atoms with Crippen LogP contribution in [0, 0.1) is 17.8 Å². The lowest BCUT2D eigenvalue weighted by atomic mass is 9.85. The first-order valence-electron chi connectivity index (χ1n) is 9.26. The number of rotatable bonds is 7. The molecule has 0 bridgehead atoms. The van der Waals surface area contributed by atoms with Crippen LogP contribution in [0.5, 0.6) is 0 Å². The van der Waals surface area contributed by atoms with Gasteiger partial charge in [-0.25, -0.2) is 0 Å². The van der Waals surface area contributed by atoms with Crippen molar-refractivity contribution in [2.75, 3.05) is 26.2 Å². The van der Waals surface area contributed by atoms with Crippen LogP contribution in [0.4, 0.5) is 0 Å². The molecule has 1 aliphatic heterocycles. The molecule has 0 aromatic heterocycles. The van der Waals surface area contributed by atoms with Crippen LogP contribution in [-0.4, -0.2) is 38.3 Å². The molecule has 4 heteroatoms. The van der Waals surface area contributed by atoms with Gasteiger partial charge in [0.2, 0.25) is 5.91 Å². The van der Waals surface area contributed by atoms with Crippen molar-refractivity contribution in [3.8, 4) is 0 Å². The molecule has 0 aromatic carbocycles. The largest absolute Gasteiger partial charge is 0.376 e. The van der Waals surface area contributed by atoms with Crippen molar-refractivity contribution in [2.45, 2.75) is 64.9 Å². The normalized spacial score (nSPS) is 30.7. The molecule has 2 N–H and O–H groups in total. The number of hydrogen-bond donors (Lipinski definition) is 2. The third-order valence-corrected chi connectivity index (χ3v) is 5.44. The maximum atomic E-state index is 12.0. The number of ether oxygens (including phenoxy) is 1. The molecule has 4 unspecified atom stereocenters. The molecule has 1 aliphatic carbocycles. The molecular weight excluding hydrogens is 276 g/mol. The lowest BCUT2D eigenvalue weighted by Crippen LogP contribution is -2.36. The summed E-state index contributed by atoms with van der Waals surface area (Å²) in [6.45, 7) is 7.99. The van der Waals surface area contributed by atoms with E-state index in [0.717, 1.165) is 13.1 Å². The molecule has 22 heavy (non-hydrogen) atoms. The summed E-state index contributed by atoms with van der Waals surface area (Å²) in [5.41, 5.74) is 0. The van der Waals surface area contributed by atoms with Crippen molar-refractivity contribution in [1.29, 1.82) is 0 Å². The van der Waals surface area contributed by atoms with E-state index in [0.29, 0.717) is 43.4 Å². The topological polar surface area (TPSA) is 50.4 Å². The van der Waals surface area contributed by atoms with Gasteiger partial charge in [-0.2, -0.15) is 0 Å². The Morgan fingerprint density at radius 1 is 1.27 bits per heavy atom. The minimum absolute atomic E-state index is 0.179. The summed E-state index contributed by atoms with van der Waals surface area (Å²) in [5.74, 6) is 1.97. The number of carbonyl (C=O) groups is 1. The van der Waals surface area contributed by atoms with E-state index in [-0.39, 0.29) is 5.91 Å². The Morgan fingerprint density at radius 3 is 2.82 bits per heavy atom. The second-order valence-corrected chi connectivity index (χ2v) is 7.31. The SMILES string of the molecule is CC(CC(=O)NCCOC1CCCCC1C)C1CCCNC1. The lowest BCUT2D eigenvalue weighted by Gasteiger charge is -2.29. The predicted octanol–water partition coefficient (Wildman–Crippen LogP) is 2.72. The summed E-state index contributed by atoms with van der Waals surface area (Å²) in [5, 5.41) is 6.45. The summed E-state index contributed by atoms with van der Waals surface area (Å²) >= 11 is 0. The highest BCUT2D eigenvalue weighted by Crippen LogP contribution is 2.26. The van der Waals surface area contributed by atoms with Crippen LogP contribution in [0.3, 0.4) is 0 Å². The van der Waals surface area contributed by atoms with Crippen LogP contribution in [-0.2, 0) is 9.53 Å². The van der Waals surface area contributed by atoms with Gasteiger partial charge in [-0.3, -0.25) is 4.79 Å². The zero-order valence-corrected chi connectivity index (χ0v) is 14.4. The monoisotopic (exact) mass is 310 g/mol. The second-order valence-electron chi connectivity index (χ2n) is 7.31. The fourth-order valence-corrected chi connectivity index (χ4v) is 3.83. The fourth-order valence-electron chi connectivity index (χ4n) is 3.83. The minimum Gasteiger partial charge on any atom is -0.376 e. The smallest absolute Gasteiger partial charge is 0.220 e. The lowest BCUT2D eigenvalue weighted by molar-refractivity contribution is -0.122. The molecule has 4 atom stereocenters. The Labute approximate surface area is 135 Å². The van der Waals surface area contributed by atoms with Gasteiger partial charge in [-0.1, -0.05) is 26.7 Å². The van der Waals surface area contributed by atoms with E-state index in [1.807, 2.05) is 0 Å². The first-order valence-corrected chi connectivity index (χ1v) is 9.26. The van der Waals surface area contributed by atoms with Gasteiger partial charge in [0.1, 0.15) is 0 Å². The number of piperidine rings is 1. The van der Waals surface area contributed by atoms with Crippen molar-refractivity contribution in [1.82, 2.24) is 10.6 Å². The molecule has 0 aromatic rings. The van der Waals surface area contributed by atoms with Crippen LogP contribution < -0.4 is 10.6 Å². The van der Waals surface area contributed by atoms with Gasteiger partial charge in [0.15, 0.2) is 0 Å². The number of hydrogen-bond acceptors (Lipinski definition) is 3. The minimum atomic E-state index is 0.179. The Balaban J connectivity index is 1.55. The first kappa shape index (κ1) is 17.7. The van der Waals surface area contributed by atoms with Gasteiger partial charge >= 0.3 is 0 Å². The van der Waals surface area contributed by atoms with E-state index in [2.05, 4.69) is 24.5 Å². The second kappa shape index (κ2) is 9.51. The summed E-state index contributed by atoms with van der Waals surface area (Å²) in [6.07, 6.45) is 8.63. The summed E-state index contributed by atoms with van der Waals surface area (Å²) in [6, 6.07) is 0. The molecule has 2 rings (SSSR count). The zero-order valence-electron chi connectivity index (χ0n) is 14.4. The third kappa shape index (κ3) is 5.88. The molecule has 2 aliphatic rings. The molecule has 1 saturated carbocycles. The highest BCUT2D eigenvalue weighted by molar-refractivity contribution is 5.76. The Morgan fingerprint density at radius 2 is 2.09 bits per heavy atom. The molecular formula is C18H34N2O2. The predicted molar refractivity (Wildman–Crippen MR) is 89.8 cm³/mol. The van der Waals surface area contributed by atoms with E-state index >= 15 is 0 Å². The summed E-state index contributed by atoms with van der Waals surface area (Å²) in [4.78, 5) is 12.0. The van der Waals surface area contributed by atoms with Crippen LogP contribution in [0.25, 0.3) is 0 Å². The van der Waals surface area contributed by atoms with Crippen LogP contribution in [0.1, 0.15) is 58.8 Å². The van der Waals surface area contributed by atoms with Gasteiger partial charge in [-0.05, 0) is 56.5 Å². The van der Waals surface area contributed by atoms with E-state index in [1.165, 1.54) is 38.5 Å². The summed E-state index contributed by atoms with van der Waals surface area (Å²) < 4.78 is 5.94. The van der Waals surface area contributed by atoms with Crippen molar-refractivity contribution < 1.29 is 9.53 Å². The van der Waals surface area contributed by atoms with E-state index < -0.39 is 0 Å². The van der Waals surface area contributed by atoms with Gasteiger partial charge in [0, 0.05) is 13.0 Å². The molecule has 1 amide bonds. The molecule has 1 heterocycles. The average Bonchev–Trinajstić information content (AvgIpc) is 2.54.